The number of carbonyl (C=O) groups is 2. The number of halogens is 1. The molecular weight excluding hydrogens is 868 g/mol. The Hall–Kier alpha value is -4.31. The Morgan fingerprint density at radius 3 is 2.14 bits per heavy atom. The zero-order chi connectivity index (χ0) is 42.9. The summed E-state index contributed by atoms with van der Waals surface area (Å²) < 4.78 is 8.97. The number of fused-ring (bicyclic) bond motifs is 2. The van der Waals surface area contributed by atoms with Gasteiger partial charge in [0.2, 0.25) is 0 Å². The minimum Gasteiger partial charge on any atom is -0.370 e. The smallest absolute Gasteiger partial charge is 0.171 e. The summed E-state index contributed by atoms with van der Waals surface area (Å²) in [6, 6.07) is 18.3. The van der Waals surface area contributed by atoms with Crippen LogP contribution in [0.4, 0.5) is 5.69 Å². The average molecular weight is 927 g/mol. The van der Waals surface area contributed by atoms with E-state index in [-0.39, 0.29) is 11.6 Å². The van der Waals surface area contributed by atoms with Crippen molar-refractivity contribution in [2.24, 2.45) is 10.8 Å². The minimum atomic E-state index is -1.15. The SMILES string of the molecule is CC(C)(C)C(=O)c1cn(COCC[Si](C)(C)C)c2ncc(-c3cccc(I)c3)nc12.CN(C)C1CCN(c2cccc(-c3cnc4[nH]cc(C(=O)C(C)(C)C)c4n3)c2)C1. The van der Waals surface area contributed by atoms with Crippen molar-refractivity contribution < 1.29 is 14.3 Å². The van der Waals surface area contributed by atoms with Gasteiger partial charge in [-0.1, -0.05) is 85.4 Å². The van der Waals surface area contributed by atoms with Crippen molar-refractivity contribution in [2.75, 3.05) is 38.7 Å². The molecule has 1 unspecified atom stereocenters. The summed E-state index contributed by atoms with van der Waals surface area (Å²) in [6.45, 7) is 21.7. The number of nitrogens with zero attached hydrogens (tertiary/aromatic N) is 7. The first-order valence-electron chi connectivity index (χ1n) is 20.3. The average Bonchev–Trinajstić information content (AvgIpc) is 3.93. The van der Waals surface area contributed by atoms with E-state index < -0.39 is 18.9 Å². The van der Waals surface area contributed by atoms with Crippen LogP contribution >= 0.6 is 22.6 Å². The summed E-state index contributed by atoms with van der Waals surface area (Å²) in [7, 11) is 3.13. The third-order valence-electron chi connectivity index (χ3n) is 10.5. The van der Waals surface area contributed by atoms with E-state index in [0.717, 1.165) is 45.2 Å². The number of H-pyrrole nitrogens is 1. The molecule has 6 aromatic rings. The third kappa shape index (κ3) is 10.7. The van der Waals surface area contributed by atoms with E-state index in [2.05, 4.69) is 111 Å². The van der Waals surface area contributed by atoms with Crippen LogP contribution in [0.3, 0.4) is 0 Å². The molecule has 0 spiro atoms. The molecule has 1 N–H and O–H groups in total. The van der Waals surface area contributed by atoms with Crippen molar-refractivity contribution in [3.05, 3.63) is 88.0 Å². The summed E-state index contributed by atoms with van der Waals surface area (Å²) >= 11 is 2.29. The van der Waals surface area contributed by atoms with E-state index >= 15 is 0 Å². The van der Waals surface area contributed by atoms with E-state index in [9.17, 15) is 9.59 Å². The van der Waals surface area contributed by atoms with Crippen LogP contribution in [0.5, 0.6) is 0 Å². The van der Waals surface area contributed by atoms with Gasteiger partial charge in [-0.15, -0.1) is 0 Å². The third-order valence-corrected chi connectivity index (χ3v) is 12.9. The predicted octanol–water partition coefficient (Wildman–Crippen LogP) is 10.2. The lowest BCUT2D eigenvalue weighted by molar-refractivity contribution is 0.0846. The fourth-order valence-electron chi connectivity index (χ4n) is 6.92. The molecule has 1 atom stereocenters. The van der Waals surface area contributed by atoms with Gasteiger partial charge in [-0.05, 0) is 73.4 Å². The van der Waals surface area contributed by atoms with Gasteiger partial charge in [0.15, 0.2) is 22.9 Å². The van der Waals surface area contributed by atoms with E-state index in [4.69, 9.17) is 14.7 Å². The molecule has 0 bridgehead atoms. The highest BCUT2D eigenvalue weighted by molar-refractivity contribution is 14.1. The van der Waals surface area contributed by atoms with Gasteiger partial charge in [-0.2, -0.15) is 0 Å². The summed E-state index contributed by atoms with van der Waals surface area (Å²) in [5.74, 6) is 0.123. The number of anilines is 1. The molecule has 0 saturated carbocycles. The molecule has 1 aliphatic rings. The maximum atomic E-state index is 13.1. The van der Waals surface area contributed by atoms with Crippen molar-refractivity contribution in [1.82, 2.24) is 34.4 Å². The number of aromatic amines is 1. The Bertz CT molecular complexity index is 2450. The minimum absolute atomic E-state index is 0.0578. The molecule has 0 radical (unpaired) electrons. The second-order valence-corrected chi connectivity index (χ2v) is 25.9. The summed E-state index contributed by atoms with van der Waals surface area (Å²) in [5.41, 5.74) is 7.60. The molecule has 0 aliphatic carbocycles. The fraction of sp³-hybridized carbons (Fsp3) is 0.435. The number of benzene rings is 2. The Labute approximate surface area is 363 Å². The second kappa shape index (κ2) is 17.7. The van der Waals surface area contributed by atoms with Crippen LogP contribution < -0.4 is 4.90 Å². The highest BCUT2D eigenvalue weighted by atomic mass is 127. The van der Waals surface area contributed by atoms with Gasteiger partial charge in [0, 0.05) is 77.4 Å². The number of hydrogen-bond acceptors (Lipinski definition) is 9. The molecule has 2 aromatic carbocycles. The number of Topliss-reactive ketones (excluding diaryl/α,β-unsaturated/α-hetero) is 2. The molecule has 1 saturated heterocycles. The highest BCUT2D eigenvalue weighted by Gasteiger charge is 2.29. The summed E-state index contributed by atoms with van der Waals surface area (Å²) in [6.07, 6.45) is 8.30. The molecule has 4 aromatic heterocycles. The van der Waals surface area contributed by atoms with Gasteiger partial charge in [0.25, 0.3) is 0 Å². The lowest BCUT2D eigenvalue weighted by Crippen LogP contribution is -2.31. The van der Waals surface area contributed by atoms with Crippen molar-refractivity contribution in [1.29, 1.82) is 0 Å². The van der Waals surface area contributed by atoms with Crippen LogP contribution in [0.1, 0.15) is 68.7 Å². The normalized spacial score (nSPS) is 14.9. The Morgan fingerprint density at radius 1 is 0.881 bits per heavy atom. The van der Waals surface area contributed by atoms with E-state index in [1.165, 1.54) is 12.1 Å². The summed E-state index contributed by atoms with van der Waals surface area (Å²) in [4.78, 5) is 52.6. The molecule has 5 heterocycles. The molecule has 312 valence electrons. The van der Waals surface area contributed by atoms with Crippen LogP contribution in [0.25, 0.3) is 44.8 Å². The molecule has 13 heteroatoms. The zero-order valence-corrected chi connectivity index (χ0v) is 39.6. The van der Waals surface area contributed by atoms with Crippen molar-refractivity contribution in [3.8, 4) is 22.5 Å². The fourth-order valence-corrected chi connectivity index (χ4v) is 8.22. The molecule has 7 rings (SSSR count). The second-order valence-electron chi connectivity index (χ2n) is 19.0. The van der Waals surface area contributed by atoms with Crippen molar-refractivity contribution in [2.45, 2.75) is 86.4 Å². The number of ether oxygens (including phenoxy) is 1. The maximum Gasteiger partial charge on any atom is 0.171 e. The Balaban J connectivity index is 0.000000198. The summed E-state index contributed by atoms with van der Waals surface area (Å²) in [5, 5.41) is 0. The topological polar surface area (TPSA) is 122 Å². The molecule has 59 heavy (non-hydrogen) atoms. The van der Waals surface area contributed by atoms with Gasteiger partial charge >= 0.3 is 0 Å². The Kier molecular flexibility index (Phi) is 13.3. The number of hydrogen-bond donors (Lipinski definition) is 1. The number of rotatable bonds is 11. The van der Waals surface area contributed by atoms with E-state index in [1.54, 1.807) is 18.6 Å². The molecule has 1 fully saturated rings. The van der Waals surface area contributed by atoms with Crippen LogP contribution in [0.2, 0.25) is 25.7 Å². The van der Waals surface area contributed by atoms with E-state index in [1.807, 2.05) is 70.5 Å². The molecule has 1 aliphatic heterocycles. The number of nitrogens with one attached hydrogen (secondary N) is 1. The van der Waals surface area contributed by atoms with Crippen molar-refractivity contribution in [3.63, 3.8) is 0 Å². The largest absolute Gasteiger partial charge is 0.370 e. The molecule has 11 nitrogen and oxygen atoms in total. The standard InChI is InChI=1S/C23H30IN3O2Si.C23H29N5O/c1-23(2,3)21(28)18-14-27(15-29-10-11-30(4,5)6)22-20(18)26-19(13-25-22)16-8-7-9-17(24)12-16;1-23(2,3)21(29)18-12-24-22-20(18)26-19(13-25-22)15-7-6-8-16(11-15)28-10-9-17(14-28)27(4)5/h7-9,12-14H,10-11,15H2,1-6H3;6-8,11-13,17H,9-10,14H2,1-5H3,(H,24,25). The van der Waals surface area contributed by atoms with Gasteiger partial charge in [0.05, 0.1) is 34.9 Å². The molecular formula is C46H59IN8O3Si. The van der Waals surface area contributed by atoms with Crippen molar-refractivity contribution >= 4 is 70.2 Å². The number of likely N-dealkylation sites (N-methyl/N-ethyl adjacent to an activating group) is 1. The molecule has 0 amide bonds. The van der Waals surface area contributed by atoms with Crippen LogP contribution in [-0.4, -0.2) is 93.9 Å². The van der Waals surface area contributed by atoms with Crippen LogP contribution in [0.15, 0.2) is 73.3 Å². The van der Waals surface area contributed by atoms with E-state index in [0.29, 0.717) is 52.8 Å². The monoisotopic (exact) mass is 926 g/mol. The first-order valence-corrected chi connectivity index (χ1v) is 25.1. The van der Waals surface area contributed by atoms with Crippen LogP contribution in [0, 0.1) is 14.4 Å². The Morgan fingerprint density at radius 2 is 1.51 bits per heavy atom. The van der Waals surface area contributed by atoms with Gasteiger partial charge < -0.3 is 24.1 Å². The predicted molar refractivity (Wildman–Crippen MR) is 251 cm³/mol. The number of aromatic nitrogens is 6. The van der Waals surface area contributed by atoms with Crippen LogP contribution in [-0.2, 0) is 11.5 Å². The first-order chi connectivity index (χ1) is 27.7. The maximum absolute atomic E-state index is 13.1. The quantitative estimate of drug-likeness (QED) is 0.0586. The zero-order valence-electron chi connectivity index (χ0n) is 36.5. The lowest BCUT2D eigenvalue weighted by Gasteiger charge is -2.22. The highest BCUT2D eigenvalue weighted by Crippen LogP contribution is 2.31. The van der Waals surface area contributed by atoms with Gasteiger partial charge in [0.1, 0.15) is 17.8 Å². The van der Waals surface area contributed by atoms with Gasteiger partial charge in [-0.3, -0.25) is 9.59 Å². The first kappa shape index (κ1) is 44.2. The number of carbonyl (C=O) groups excluding carboxylic acids is 2. The van der Waals surface area contributed by atoms with Gasteiger partial charge in [-0.25, -0.2) is 19.9 Å². The number of ketones is 2. The lowest BCUT2D eigenvalue weighted by atomic mass is 9.87.